The van der Waals surface area contributed by atoms with Gasteiger partial charge in [-0.05, 0) is 37.1 Å². The predicted octanol–water partition coefficient (Wildman–Crippen LogP) is 0.475. The minimum Gasteiger partial charge on any atom is -0.492 e. The summed E-state index contributed by atoms with van der Waals surface area (Å²) in [4.78, 5) is 18.6. The molecule has 12 heteroatoms. The van der Waals surface area contributed by atoms with E-state index < -0.39 is 10.2 Å². The van der Waals surface area contributed by atoms with Gasteiger partial charge in [-0.15, -0.1) is 4.40 Å². The number of hydrogen-bond acceptors (Lipinski definition) is 8. The third-order valence-corrected chi connectivity index (χ3v) is 6.38. The first-order valence-electron chi connectivity index (χ1n) is 10.6. The van der Waals surface area contributed by atoms with Crippen molar-refractivity contribution < 1.29 is 23.1 Å². The fourth-order valence-electron chi connectivity index (χ4n) is 3.93. The molecule has 3 heterocycles. The molecule has 0 radical (unpaired) electrons. The maximum atomic E-state index is 12.0. The number of aliphatic hydroxyl groups excluding tert-OH is 1. The third-order valence-electron chi connectivity index (χ3n) is 5.46. The van der Waals surface area contributed by atoms with E-state index in [-0.39, 0.29) is 30.8 Å². The number of amidine groups is 1. The van der Waals surface area contributed by atoms with Crippen LogP contribution in [0.15, 0.2) is 40.9 Å². The maximum absolute atomic E-state index is 12.0. The second-order valence-electron chi connectivity index (χ2n) is 7.88. The summed E-state index contributed by atoms with van der Waals surface area (Å²) in [5, 5.41) is 11.4. The van der Waals surface area contributed by atoms with Gasteiger partial charge in [0, 0.05) is 31.7 Å². The van der Waals surface area contributed by atoms with E-state index in [2.05, 4.69) is 24.3 Å². The molecule has 0 unspecified atom stereocenters. The van der Waals surface area contributed by atoms with Gasteiger partial charge in [-0.1, -0.05) is 6.07 Å². The van der Waals surface area contributed by atoms with Gasteiger partial charge < -0.3 is 25.8 Å². The smallest absolute Gasteiger partial charge is 0.344 e. The van der Waals surface area contributed by atoms with Crippen molar-refractivity contribution >= 4 is 33.5 Å². The lowest BCUT2D eigenvalue weighted by molar-refractivity contribution is 0.0944. The lowest BCUT2D eigenvalue weighted by atomic mass is 9.99. The zero-order chi connectivity index (χ0) is 23.4. The third kappa shape index (κ3) is 5.34. The van der Waals surface area contributed by atoms with Crippen LogP contribution in [0.3, 0.4) is 0 Å². The van der Waals surface area contributed by atoms with Gasteiger partial charge in [0.2, 0.25) is 0 Å². The zero-order valence-electron chi connectivity index (χ0n) is 17.9. The summed E-state index contributed by atoms with van der Waals surface area (Å²) < 4.78 is 35.4. The molecule has 176 valence electrons. The number of nitrogens with one attached hydrogen (secondary N) is 2. The van der Waals surface area contributed by atoms with Crippen LogP contribution in [0.4, 0.5) is 11.5 Å². The van der Waals surface area contributed by atoms with Crippen molar-refractivity contribution in [2.75, 3.05) is 42.5 Å². The fraction of sp³-hybridized carbons (Fsp3) is 0.381. The number of fused-ring (bicyclic) bond motifs is 1. The lowest BCUT2D eigenvalue weighted by Gasteiger charge is -2.33. The molecule has 2 aromatic rings. The Labute approximate surface area is 191 Å². The standard InChI is InChI=1S/C21H26N6O5S/c22-20-19-16(25-33(30,31)26-20)4-1-5-17(19)32-13-14-3-2-9-27(12-14)18-7-6-15(11-24-18)21(29)23-8-10-28/h1,4-7,11,14,25,28H,2-3,8-10,12-13H2,(H2,22,26)(H,23,29)/t14-/m0/s1. The lowest BCUT2D eigenvalue weighted by Crippen LogP contribution is -2.38. The van der Waals surface area contributed by atoms with Crippen LogP contribution >= 0.6 is 0 Å². The maximum Gasteiger partial charge on any atom is 0.344 e. The molecule has 5 N–H and O–H groups in total. The number of nitrogens with two attached hydrogens (primary N) is 1. The van der Waals surface area contributed by atoms with Crippen molar-refractivity contribution in [2.45, 2.75) is 12.8 Å². The topological polar surface area (TPSA) is 159 Å². The molecular formula is C21H26N6O5S. The summed E-state index contributed by atoms with van der Waals surface area (Å²) in [6.07, 6.45) is 3.47. The Bertz CT molecular complexity index is 1150. The number of ether oxygens (including phenoxy) is 1. The molecule has 1 atom stereocenters. The van der Waals surface area contributed by atoms with Crippen LogP contribution in [0.1, 0.15) is 28.8 Å². The Morgan fingerprint density at radius 1 is 1.33 bits per heavy atom. The largest absolute Gasteiger partial charge is 0.492 e. The molecule has 0 bridgehead atoms. The highest BCUT2D eigenvalue weighted by Gasteiger charge is 2.26. The molecule has 1 amide bonds. The highest BCUT2D eigenvalue weighted by molar-refractivity contribution is 7.91. The van der Waals surface area contributed by atoms with Gasteiger partial charge in [0.15, 0.2) is 5.84 Å². The SMILES string of the molecule is NC1=NS(=O)(=O)Nc2cccc(OC[C@H]3CCCN(c4ccc(C(=O)NCCO)cn4)C3)c21. The molecule has 1 aromatic heterocycles. The van der Waals surface area contributed by atoms with Gasteiger partial charge in [0.1, 0.15) is 11.6 Å². The highest BCUT2D eigenvalue weighted by Crippen LogP contribution is 2.31. The minimum atomic E-state index is -3.84. The second kappa shape index (κ2) is 9.63. The van der Waals surface area contributed by atoms with E-state index >= 15 is 0 Å². The number of anilines is 2. The monoisotopic (exact) mass is 474 g/mol. The quantitative estimate of drug-likeness (QED) is 0.451. The van der Waals surface area contributed by atoms with Crippen LogP contribution in [0, 0.1) is 5.92 Å². The summed E-state index contributed by atoms with van der Waals surface area (Å²) in [6.45, 7) is 2.09. The van der Waals surface area contributed by atoms with Gasteiger partial charge in [-0.25, -0.2) is 4.98 Å². The van der Waals surface area contributed by atoms with Crippen LogP contribution in [0.2, 0.25) is 0 Å². The van der Waals surface area contributed by atoms with E-state index in [1.165, 1.54) is 6.20 Å². The van der Waals surface area contributed by atoms with E-state index in [1.54, 1.807) is 24.3 Å². The molecule has 2 aliphatic heterocycles. The molecule has 0 saturated carbocycles. The van der Waals surface area contributed by atoms with E-state index in [9.17, 15) is 13.2 Å². The van der Waals surface area contributed by atoms with Crippen LogP contribution in [-0.4, -0.2) is 63.1 Å². The van der Waals surface area contributed by atoms with Crippen LogP contribution in [0.5, 0.6) is 5.75 Å². The average molecular weight is 475 g/mol. The van der Waals surface area contributed by atoms with Gasteiger partial charge in [-0.2, -0.15) is 8.42 Å². The number of carbonyl (C=O) groups is 1. The Balaban J connectivity index is 1.39. The first-order chi connectivity index (χ1) is 15.9. The molecule has 0 spiro atoms. The molecule has 1 aromatic carbocycles. The number of pyridine rings is 1. The van der Waals surface area contributed by atoms with Crippen molar-refractivity contribution in [1.29, 1.82) is 0 Å². The van der Waals surface area contributed by atoms with Gasteiger partial charge in [0.25, 0.3) is 5.91 Å². The van der Waals surface area contributed by atoms with Gasteiger partial charge >= 0.3 is 10.2 Å². The average Bonchev–Trinajstić information content (AvgIpc) is 2.80. The number of carbonyl (C=O) groups excluding carboxylic acids is 1. The van der Waals surface area contributed by atoms with Crippen molar-refractivity contribution in [3.63, 3.8) is 0 Å². The Morgan fingerprint density at radius 2 is 2.18 bits per heavy atom. The number of amides is 1. The zero-order valence-corrected chi connectivity index (χ0v) is 18.7. The van der Waals surface area contributed by atoms with Crippen molar-refractivity contribution in [2.24, 2.45) is 16.0 Å². The molecule has 4 rings (SSSR count). The van der Waals surface area contributed by atoms with Crippen LogP contribution in [0.25, 0.3) is 0 Å². The Hall–Kier alpha value is -3.38. The number of hydrogen-bond donors (Lipinski definition) is 4. The number of nitrogens with zero attached hydrogens (tertiary/aromatic N) is 3. The van der Waals surface area contributed by atoms with Gasteiger partial charge in [-0.3, -0.25) is 9.52 Å². The summed E-state index contributed by atoms with van der Waals surface area (Å²) in [6, 6.07) is 8.58. The number of piperidine rings is 1. The molecule has 0 aliphatic carbocycles. The Kier molecular flexibility index (Phi) is 6.65. The molecule has 2 aliphatic rings. The second-order valence-corrected chi connectivity index (χ2v) is 9.22. The molecule has 1 fully saturated rings. The van der Waals surface area contributed by atoms with E-state index in [0.29, 0.717) is 29.2 Å². The Morgan fingerprint density at radius 3 is 2.94 bits per heavy atom. The minimum absolute atomic E-state index is 0.100. The van der Waals surface area contributed by atoms with Crippen molar-refractivity contribution in [1.82, 2.24) is 10.3 Å². The molecule has 11 nitrogen and oxygen atoms in total. The van der Waals surface area contributed by atoms with E-state index in [1.807, 2.05) is 6.07 Å². The van der Waals surface area contributed by atoms with Crippen LogP contribution in [-0.2, 0) is 10.2 Å². The summed E-state index contributed by atoms with van der Waals surface area (Å²) in [5.74, 6) is 1.11. The summed E-state index contributed by atoms with van der Waals surface area (Å²) in [5.41, 5.74) is 7.11. The van der Waals surface area contributed by atoms with Crippen LogP contribution < -0.4 is 25.4 Å². The van der Waals surface area contributed by atoms with E-state index in [0.717, 1.165) is 31.7 Å². The van der Waals surface area contributed by atoms with Crippen molar-refractivity contribution in [3.8, 4) is 5.75 Å². The van der Waals surface area contributed by atoms with E-state index in [4.69, 9.17) is 15.6 Å². The summed E-state index contributed by atoms with van der Waals surface area (Å²) in [7, 11) is -3.84. The fourth-order valence-corrected chi connectivity index (χ4v) is 4.78. The number of rotatable bonds is 7. The van der Waals surface area contributed by atoms with Gasteiger partial charge in [0.05, 0.1) is 30.0 Å². The van der Waals surface area contributed by atoms with Crippen molar-refractivity contribution in [3.05, 3.63) is 47.7 Å². The first-order valence-corrected chi connectivity index (χ1v) is 12.0. The number of aromatic nitrogens is 1. The first kappa shape index (κ1) is 22.8. The molecule has 1 saturated heterocycles. The molecule has 33 heavy (non-hydrogen) atoms. The molecular weight excluding hydrogens is 448 g/mol. The number of benzene rings is 1. The summed E-state index contributed by atoms with van der Waals surface area (Å²) >= 11 is 0. The number of aliphatic hydroxyl groups is 1. The highest BCUT2D eigenvalue weighted by atomic mass is 32.2. The predicted molar refractivity (Wildman–Crippen MR) is 124 cm³/mol. The normalized spacial score (nSPS) is 19.1.